The molecule has 0 fully saturated rings. The highest BCUT2D eigenvalue weighted by atomic mass is 32.2. The molecule has 0 unspecified atom stereocenters. The molecule has 0 aliphatic carbocycles. The van der Waals surface area contributed by atoms with E-state index in [0.29, 0.717) is 0 Å². The third-order valence-electron chi connectivity index (χ3n) is 2.32. The maximum atomic E-state index is 2.20. The summed E-state index contributed by atoms with van der Waals surface area (Å²) in [4.78, 5) is 2.67. The summed E-state index contributed by atoms with van der Waals surface area (Å²) in [5, 5.41) is 0. The van der Waals surface area contributed by atoms with Crippen molar-refractivity contribution in [3.8, 4) is 0 Å². The zero-order valence-electron chi connectivity index (χ0n) is 8.81. The summed E-state index contributed by atoms with van der Waals surface area (Å²) in [5.41, 5.74) is 1.42. The van der Waals surface area contributed by atoms with Crippen molar-refractivity contribution in [3.63, 3.8) is 0 Å². The molecule has 0 atom stereocenters. The van der Waals surface area contributed by atoms with Gasteiger partial charge >= 0.3 is 0 Å². The Bertz CT molecular complexity index is 420. The number of rotatable bonds is 3. The van der Waals surface area contributed by atoms with Crippen LogP contribution in [0.2, 0.25) is 0 Å². The van der Waals surface area contributed by atoms with Crippen LogP contribution in [0.1, 0.15) is 12.5 Å². The minimum atomic E-state index is 1.09. The average Bonchev–Trinajstić information content (AvgIpc) is 2.31. The molecule has 0 amide bonds. The van der Waals surface area contributed by atoms with Crippen molar-refractivity contribution in [2.75, 3.05) is 0 Å². The quantitative estimate of drug-likeness (QED) is 0.729. The van der Waals surface area contributed by atoms with E-state index in [2.05, 4.69) is 61.5 Å². The molecule has 0 bridgehead atoms. The first-order chi connectivity index (χ1) is 7.40. The lowest BCUT2D eigenvalue weighted by Gasteiger charge is -2.06. The summed E-state index contributed by atoms with van der Waals surface area (Å²) >= 11 is 1.84. The van der Waals surface area contributed by atoms with E-state index in [1.807, 2.05) is 11.8 Å². The molecule has 0 radical (unpaired) electrons. The monoisotopic (exact) mass is 214 g/mol. The van der Waals surface area contributed by atoms with Crippen molar-refractivity contribution in [2.24, 2.45) is 0 Å². The Hall–Kier alpha value is -1.21. The van der Waals surface area contributed by atoms with E-state index in [1.54, 1.807) is 0 Å². The minimum absolute atomic E-state index is 1.09. The Morgan fingerprint density at radius 1 is 0.867 bits per heavy atom. The molecule has 2 aromatic carbocycles. The summed E-state index contributed by atoms with van der Waals surface area (Å²) < 4.78 is 0. The second kappa shape index (κ2) is 5.04. The van der Waals surface area contributed by atoms with Gasteiger partial charge in [0.05, 0.1) is 0 Å². The zero-order valence-corrected chi connectivity index (χ0v) is 9.63. The van der Waals surface area contributed by atoms with Gasteiger partial charge in [0, 0.05) is 9.79 Å². The Labute approximate surface area is 95.3 Å². The second-order valence-electron chi connectivity index (χ2n) is 3.38. The van der Waals surface area contributed by atoms with Gasteiger partial charge in [-0.1, -0.05) is 55.1 Å². The lowest BCUT2D eigenvalue weighted by Crippen LogP contribution is -1.83. The molecule has 0 N–H and O–H groups in total. The van der Waals surface area contributed by atoms with Crippen LogP contribution in [0, 0.1) is 0 Å². The van der Waals surface area contributed by atoms with E-state index in [9.17, 15) is 0 Å². The topological polar surface area (TPSA) is 0 Å². The van der Waals surface area contributed by atoms with Crippen LogP contribution in [0.15, 0.2) is 64.4 Å². The molecule has 0 nitrogen and oxygen atoms in total. The molecule has 0 spiro atoms. The highest BCUT2D eigenvalue weighted by molar-refractivity contribution is 7.99. The first-order valence-electron chi connectivity index (χ1n) is 5.21. The molecule has 1 heteroatoms. The molecule has 0 aliphatic rings. The van der Waals surface area contributed by atoms with E-state index < -0.39 is 0 Å². The third kappa shape index (κ3) is 2.63. The van der Waals surface area contributed by atoms with Crippen LogP contribution < -0.4 is 0 Å². The van der Waals surface area contributed by atoms with Gasteiger partial charge in [0.1, 0.15) is 0 Å². The van der Waals surface area contributed by atoms with Gasteiger partial charge in [-0.25, -0.2) is 0 Å². The van der Waals surface area contributed by atoms with E-state index >= 15 is 0 Å². The standard InChI is InChI=1S/C14H14S/c1-2-12-8-6-7-11-14(12)15-13-9-4-3-5-10-13/h3-11H,2H2,1H3. The number of aryl methyl sites for hydroxylation is 1. The van der Waals surface area contributed by atoms with Crippen molar-refractivity contribution in [1.29, 1.82) is 0 Å². The van der Waals surface area contributed by atoms with Gasteiger partial charge in [0.15, 0.2) is 0 Å². The third-order valence-corrected chi connectivity index (χ3v) is 3.45. The van der Waals surface area contributed by atoms with Gasteiger partial charge in [-0.05, 0) is 30.2 Å². The average molecular weight is 214 g/mol. The maximum absolute atomic E-state index is 2.20. The van der Waals surface area contributed by atoms with Gasteiger partial charge in [0.2, 0.25) is 0 Å². The van der Waals surface area contributed by atoms with Gasteiger partial charge in [-0.15, -0.1) is 0 Å². The van der Waals surface area contributed by atoms with Crippen molar-refractivity contribution in [3.05, 3.63) is 60.2 Å². The fraction of sp³-hybridized carbons (Fsp3) is 0.143. The lowest BCUT2D eigenvalue weighted by molar-refractivity contribution is 1.08. The second-order valence-corrected chi connectivity index (χ2v) is 4.49. The van der Waals surface area contributed by atoms with Crippen LogP contribution in [0.4, 0.5) is 0 Å². The fourth-order valence-corrected chi connectivity index (χ4v) is 2.55. The SMILES string of the molecule is CCc1ccccc1Sc1ccccc1. The van der Waals surface area contributed by atoms with Gasteiger partial charge in [0.25, 0.3) is 0 Å². The van der Waals surface area contributed by atoms with Crippen LogP contribution in [0.5, 0.6) is 0 Å². The van der Waals surface area contributed by atoms with E-state index in [-0.39, 0.29) is 0 Å². The van der Waals surface area contributed by atoms with E-state index in [4.69, 9.17) is 0 Å². The molecule has 2 rings (SSSR count). The van der Waals surface area contributed by atoms with E-state index in [0.717, 1.165) is 6.42 Å². The molecule has 0 heterocycles. The largest absolute Gasteiger partial charge is 0.0898 e. The lowest BCUT2D eigenvalue weighted by atomic mass is 10.2. The van der Waals surface area contributed by atoms with Crippen LogP contribution in [0.25, 0.3) is 0 Å². The summed E-state index contributed by atoms with van der Waals surface area (Å²) in [7, 11) is 0. The summed E-state index contributed by atoms with van der Waals surface area (Å²) in [5.74, 6) is 0. The molecule has 0 aliphatic heterocycles. The predicted octanol–water partition coefficient (Wildman–Crippen LogP) is 4.40. The molecule has 2 aromatic rings. The molecular weight excluding hydrogens is 200 g/mol. The number of hydrogen-bond donors (Lipinski definition) is 0. The molecule has 0 saturated heterocycles. The summed E-state index contributed by atoms with van der Waals surface area (Å²) in [6, 6.07) is 19.1. The Balaban J connectivity index is 2.24. The van der Waals surface area contributed by atoms with Crippen molar-refractivity contribution >= 4 is 11.8 Å². The molecule has 0 saturated carbocycles. The highest BCUT2D eigenvalue weighted by Crippen LogP contribution is 2.30. The summed E-state index contributed by atoms with van der Waals surface area (Å²) in [6.07, 6.45) is 1.09. The number of hydrogen-bond acceptors (Lipinski definition) is 1. The first kappa shape index (κ1) is 10.3. The van der Waals surface area contributed by atoms with Crippen molar-refractivity contribution in [2.45, 2.75) is 23.1 Å². The van der Waals surface area contributed by atoms with Gasteiger partial charge < -0.3 is 0 Å². The van der Waals surface area contributed by atoms with Crippen molar-refractivity contribution in [1.82, 2.24) is 0 Å². The Morgan fingerprint density at radius 3 is 2.27 bits per heavy atom. The van der Waals surface area contributed by atoms with E-state index in [1.165, 1.54) is 15.4 Å². The Kier molecular flexibility index (Phi) is 3.46. The Morgan fingerprint density at radius 2 is 1.53 bits per heavy atom. The van der Waals surface area contributed by atoms with Gasteiger partial charge in [-0.2, -0.15) is 0 Å². The first-order valence-corrected chi connectivity index (χ1v) is 6.02. The molecule has 0 aromatic heterocycles. The highest BCUT2D eigenvalue weighted by Gasteiger charge is 2.00. The van der Waals surface area contributed by atoms with Crippen LogP contribution in [-0.4, -0.2) is 0 Å². The maximum Gasteiger partial charge on any atom is 0.0154 e. The number of benzene rings is 2. The van der Waals surface area contributed by atoms with Crippen LogP contribution in [-0.2, 0) is 6.42 Å². The fourth-order valence-electron chi connectivity index (χ4n) is 1.51. The normalized spacial score (nSPS) is 10.2. The molecular formula is C14H14S. The predicted molar refractivity (Wildman–Crippen MR) is 66.4 cm³/mol. The van der Waals surface area contributed by atoms with Crippen molar-refractivity contribution < 1.29 is 0 Å². The van der Waals surface area contributed by atoms with Gasteiger partial charge in [-0.3, -0.25) is 0 Å². The smallest absolute Gasteiger partial charge is 0.0154 e. The minimum Gasteiger partial charge on any atom is -0.0898 e. The molecule has 76 valence electrons. The molecule has 15 heavy (non-hydrogen) atoms. The van der Waals surface area contributed by atoms with Crippen LogP contribution >= 0.6 is 11.8 Å². The zero-order chi connectivity index (χ0) is 10.5. The van der Waals surface area contributed by atoms with Crippen LogP contribution in [0.3, 0.4) is 0 Å². The summed E-state index contributed by atoms with van der Waals surface area (Å²) in [6.45, 7) is 2.20.